The number of carbonyl (C=O) groups is 1. The topological polar surface area (TPSA) is 59.4 Å². The van der Waals surface area contributed by atoms with Gasteiger partial charge in [0.1, 0.15) is 11.6 Å². The molecule has 0 aliphatic carbocycles. The third-order valence-corrected chi connectivity index (χ3v) is 4.38. The molecule has 1 atom stereocenters. The van der Waals surface area contributed by atoms with E-state index in [4.69, 9.17) is 4.74 Å². The molecule has 0 radical (unpaired) electrons. The number of carbonyl (C=O) groups excluding carboxylic acids is 1. The number of aromatic nitrogens is 1. The van der Waals surface area contributed by atoms with Crippen molar-refractivity contribution in [1.82, 2.24) is 4.98 Å². The maximum Gasteiger partial charge on any atom is 0.424 e. The summed E-state index contributed by atoms with van der Waals surface area (Å²) < 4.78 is 60.1. The normalized spacial score (nSPS) is 14.5. The first-order valence-corrected chi connectivity index (χ1v) is 8.00. The first-order valence-electron chi connectivity index (χ1n) is 8.00. The summed E-state index contributed by atoms with van der Waals surface area (Å²) in [5, 5.41) is 10.5. The molecule has 2 rings (SSSR count). The first kappa shape index (κ1) is 20.8. The number of Topliss-reactive ketones (excluding diaryl/α,β-unsaturated/α-hetero) is 1. The number of methoxy groups -OCH3 is 1. The minimum Gasteiger partial charge on any atom is -0.496 e. The summed E-state index contributed by atoms with van der Waals surface area (Å²) in [5.74, 6) is -2.02. The number of alkyl halides is 3. The van der Waals surface area contributed by atoms with Gasteiger partial charge in [-0.15, -0.1) is 0 Å². The number of ketones is 1. The molecule has 1 N–H and O–H groups in total. The number of hydrogen-bond acceptors (Lipinski definition) is 4. The van der Waals surface area contributed by atoms with Gasteiger partial charge in [0.05, 0.1) is 7.11 Å². The zero-order valence-corrected chi connectivity index (χ0v) is 15.0. The van der Waals surface area contributed by atoms with Crippen LogP contribution in [-0.4, -0.2) is 34.8 Å². The van der Waals surface area contributed by atoms with Gasteiger partial charge in [0, 0.05) is 29.9 Å². The molecule has 0 aliphatic heterocycles. The van der Waals surface area contributed by atoms with Gasteiger partial charge in [-0.05, 0) is 35.7 Å². The first-order chi connectivity index (χ1) is 12.4. The zero-order chi connectivity index (χ0) is 20.5. The summed E-state index contributed by atoms with van der Waals surface area (Å²) in [6, 6.07) is 5.61. The molecule has 146 valence electrons. The van der Waals surface area contributed by atoms with Crippen LogP contribution >= 0.6 is 0 Å². The fourth-order valence-corrected chi connectivity index (χ4v) is 3.00. The molecule has 27 heavy (non-hydrogen) atoms. The Morgan fingerprint density at radius 2 is 1.74 bits per heavy atom. The quantitative estimate of drug-likeness (QED) is 0.602. The maximum absolute atomic E-state index is 13.8. The van der Waals surface area contributed by atoms with Crippen LogP contribution in [0.15, 0.2) is 42.7 Å². The smallest absolute Gasteiger partial charge is 0.424 e. The number of halogens is 4. The second-order valence-electron chi connectivity index (χ2n) is 6.83. The lowest BCUT2D eigenvalue weighted by molar-refractivity contribution is -0.243. The van der Waals surface area contributed by atoms with Gasteiger partial charge in [0.2, 0.25) is 11.4 Å². The standard InChI is InChI=1S/C19H19F4NO3/c1-17(2,14-10-13(20)4-5-15(14)27-3)11-18(26,19(21,22)23)16(25)12-6-8-24-9-7-12/h4-10,26H,11H2,1-3H3. The summed E-state index contributed by atoms with van der Waals surface area (Å²) >= 11 is 0. The molecule has 0 bridgehead atoms. The molecule has 2 aromatic rings. The van der Waals surface area contributed by atoms with E-state index in [1.165, 1.54) is 27.0 Å². The summed E-state index contributed by atoms with van der Waals surface area (Å²) in [4.78, 5) is 16.2. The zero-order valence-electron chi connectivity index (χ0n) is 15.0. The Morgan fingerprint density at radius 1 is 1.15 bits per heavy atom. The molecule has 1 unspecified atom stereocenters. The van der Waals surface area contributed by atoms with Crippen molar-refractivity contribution in [3.63, 3.8) is 0 Å². The molecule has 4 nitrogen and oxygen atoms in total. The van der Waals surface area contributed by atoms with E-state index in [9.17, 15) is 27.5 Å². The van der Waals surface area contributed by atoms with Crippen LogP contribution in [0.4, 0.5) is 17.6 Å². The average Bonchev–Trinajstić information content (AvgIpc) is 2.60. The van der Waals surface area contributed by atoms with Gasteiger partial charge in [-0.25, -0.2) is 4.39 Å². The van der Waals surface area contributed by atoms with Gasteiger partial charge in [-0.2, -0.15) is 13.2 Å². The maximum atomic E-state index is 13.8. The van der Waals surface area contributed by atoms with Crippen molar-refractivity contribution < 1.29 is 32.2 Å². The summed E-state index contributed by atoms with van der Waals surface area (Å²) in [5.41, 5.74) is -5.34. The molecule has 8 heteroatoms. The number of hydrogen-bond donors (Lipinski definition) is 1. The highest BCUT2D eigenvalue weighted by Crippen LogP contribution is 2.45. The highest BCUT2D eigenvalue weighted by Gasteiger charge is 2.61. The molecule has 1 aromatic carbocycles. The lowest BCUT2D eigenvalue weighted by Crippen LogP contribution is -2.55. The summed E-state index contributed by atoms with van der Waals surface area (Å²) in [7, 11) is 1.30. The molecule has 1 heterocycles. The van der Waals surface area contributed by atoms with Gasteiger partial charge in [0.25, 0.3) is 0 Å². The molecule has 0 fully saturated rings. The third kappa shape index (κ3) is 4.10. The van der Waals surface area contributed by atoms with Gasteiger partial charge >= 0.3 is 6.18 Å². The van der Waals surface area contributed by atoms with E-state index < -0.39 is 35.2 Å². The van der Waals surface area contributed by atoms with Gasteiger partial charge in [0.15, 0.2) is 0 Å². The van der Waals surface area contributed by atoms with Gasteiger partial charge in [-0.3, -0.25) is 9.78 Å². The van der Waals surface area contributed by atoms with E-state index in [2.05, 4.69) is 4.98 Å². The molecular weight excluding hydrogens is 366 g/mol. The number of pyridine rings is 1. The third-order valence-electron chi connectivity index (χ3n) is 4.38. The van der Waals surface area contributed by atoms with Crippen molar-refractivity contribution in [2.45, 2.75) is 37.5 Å². The van der Waals surface area contributed by atoms with Crippen LogP contribution in [0.25, 0.3) is 0 Å². The second-order valence-corrected chi connectivity index (χ2v) is 6.83. The van der Waals surface area contributed by atoms with Crippen molar-refractivity contribution >= 4 is 5.78 Å². The van der Waals surface area contributed by atoms with E-state index in [1.807, 2.05) is 0 Å². The van der Waals surface area contributed by atoms with Crippen LogP contribution in [-0.2, 0) is 5.41 Å². The van der Waals surface area contributed by atoms with Crippen molar-refractivity contribution in [3.05, 3.63) is 59.7 Å². The van der Waals surface area contributed by atoms with E-state index >= 15 is 0 Å². The number of aliphatic hydroxyl groups is 1. The van der Waals surface area contributed by atoms with E-state index in [0.29, 0.717) is 0 Å². The largest absolute Gasteiger partial charge is 0.496 e. The van der Waals surface area contributed by atoms with Crippen LogP contribution in [0, 0.1) is 5.82 Å². The lowest BCUT2D eigenvalue weighted by atomic mass is 9.72. The Kier molecular flexibility index (Phi) is 5.60. The van der Waals surface area contributed by atoms with Crippen molar-refractivity contribution in [2.24, 2.45) is 0 Å². The Bertz CT molecular complexity index is 821. The highest BCUT2D eigenvalue weighted by molar-refractivity contribution is 6.03. The summed E-state index contributed by atoms with van der Waals surface area (Å²) in [6.45, 7) is 2.75. The average molecular weight is 385 g/mol. The monoisotopic (exact) mass is 385 g/mol. The minimum absolute atomic E-state index is 0.107. The van der Waals surface area contributed by atoms with Gasteiger partial charge in [-0.1, -0.05) is 13.8 Å². The number of rotatable bonds is 6. The minimum atomic E-state index is -5.24. The Hall–Kier alpha value is -2.48. The fourth-order valence-electron chi connectivity index (χ4n) is 3.00. The van der Waals surface area contributed by atoms with Crippen LogP contribution < -0.4 is 4.74 Å². The highest BCUT2D eigenvalue weighted by atomic mass is 19.4. The molecule has 1 aromatic heterocycles. The molecule has 0 saturated heterocycles. The van der Waals surface area contributed by atoms with Crippen LogP contribution in [0.3, 0.4) is 0 Å². The van der Waals surface area contributed by atoms with E-state index in [-0.39, 0.29) is 16.9 Å². The Morgan fingerprint density at radius 3 is 2.26 bits per heavy atom. The molecular formula is C19H19F4NO3. The lowest BCUT2D eigenvalue weighted by Gasteiger charge is -2.37. The van der Waals surface area contributed by atoms with Crippen molar-refractivity contribution in [3.8, 4) is 5.75 Å². The molecule has 0 aliphatic rings. The van der Waals surface area contributed by atoms with Crippen molar-refractivity contribution in [1.29, 1.82) is 0 Å². The number of benzene rings is 1. The Balaban J connectivity index is 2.53. The van der Waals surface area contributed by atoms with E-state index in [0.717, 1.165) is 36.7 Å². The van der Waals surface area contributed by atoms with Crippen LogP contribution in [0.1, 0.15) is 36.2 Å². The predicted molar refractivity (Wildman–Crippen MR) is 90.2 cm³/mol. The molecule has 0 amide bonds. The number of nitrogens with zero attached hydrogens (tertiary/aromatic N) is 1. The van der Waals surface area contributed by atoms with Crippen molar-refractivity contribution in [2.75, 3.05) is 7.11 Å². The Labute approximate surface area is 153 Å². The molecule has 0 saturated carbocycles. The van der Waals surface area contributed by atoms with Gasteiger partial charge < -0.3 is 9.84 Å². The van der Waals surface area contributed by atoms with Crippen LogP contribution in [0.5, 0.6) is 5.75 Å². The van der Waals surface area contributed by atoms with Crippen LogP contribution in [0.2, 0.25) is 0 Å². The predicted octanol–water partition coefficient (Wildman–Crippen LogP) is 4.07. The number of ether oxygens (including phenoxy) is 1. The fraction of sp³-hybridized carbons (Fsp3) is 0.368. The summed E-state index contributed by atoms with van der Waals surface area (Å²) in [6.07, 6.45) is -3.95. The SMILES string of the molecule is COc1ccc(F)cc1C(C)(C)CC(O)(C(=O)c1ccncc1)C(F)(F)F. The second kappa shape index (κ2) is 7.26. The molecule has 0 spiro atoms. The van der Waals surface area contributed by atoms with E-state index in [1.54, 1.807) is 0 Å².